The third kappa shape index (κ3) is 1.54. The van der Waals surface area contributed by atoms with Crippen LogP contribution in [0.3, 0.4) is 0 Å². The number of aromatic carboxylic acids is 1. The number of nitrogens with zero attached hydrogens (tertiary/aromatic N) is 1. The first-order valence-electron chi connectivity index (χ1n) is 5.37. The van der Waals surface area contributed by atoms with Crippen molar-refractivity contribution in [3.63, 3.8) is 0 Å². The zero-order valence-corrected chi connectivity index (χ0v) is 8.68. The van der Waals surface area contributed by atoms with Crippen LogP contribution in [0.1, 0.15) is 34.7 Å². The number of carboxylic acids is 1. The normalized spacial score (nSPS) is 15.2. The lowest BCUT2D eigenvalue weighted by Crippen LogP contribution is -1.96. The zero-order chi connectivity index (χ0) is 11.1. The fourth-order valence-corrected chi connectivity index (χ4v) is 1.92. The van der Waals surface area contributed by atoms with Crippen molar-refractivity contribution in [2.75, 3.05) is 0 Å². The van der Waals surface area contributed by atoms with Gasteiger partial charge >= 0.3 is 5.97 Å². The van der Waals surface area contributed by atoms with Crippen LogP contribution in [-0.2, 0) is 0 Å². The van der Waals surface area contributed by atoms with Crippen LogP contribution in [0, 0.1) is 0 Å². The molecule has 3 heteroatoms. The number of fused-ring (bicyclic) bond motifs is 1. The summed E-state index contributed by atoms with van der Waals surface area (Å²) < 4.78 is 0. The zero-order valence-electron chi connectivity index (χ0n) is 8.68. The van der Waals surface area contributed by atoms with E-state index >= 15 is 0 Å². The number of carbonyl (C=O) groups is 1. The molecule has 1 aromatic carbocycles. The molecule has 0 radical (unpaired) electrons. The molecule has 3 rings (SSSR count). The first kappa shape index (κ1) is 9.33. The van der Waals surface area contributed by atoms with E-state index < -0.39 is 5.97 Å². The maximum atomic E-state index is 10.9. The third-order valence-electron chi connectivity index (χ3n) is 3.00. The van der Waals surface area contributed by atoms with Gasteiger partial charge in [0.1, 0.15) is 0 Å². The van der Waals surface area contributed by atoms with Crippen LogP contribution in [0.25, 0.3) is 10.9 Å². The van der Waals surface area contributed by atoms with Crippen molar-refractivity contribution in [2.24, 2.45) is 0 Å². The van der Waals surface area contributed by atoms with E-state index in [2.05, 4.69) is 11.1 Å². The summed E-state index contributed by atoms with van der Waals surface area (Å²) in [7, 11) is 0. The van der Waals surface area contributed by atoms with Gasteiger partial charge in [0.05, 0.1) is 11.1 Å². The van der Waals surface area contributed by atoms with Gasteiger partial charge in [-0.15, -0.1) is 0 Å². The predicted octanol–water partition coefficient (Wildman–Crippen LogP) is 2.81. The standard InChI is InChI=1S/C13H11NO2/c15-13(16)9-3-4-12-10(5-9)6-11(7-14-12)8-1-2-8/h3-8H,1-2H2,(H,15,16). The number of aromatic nitrogens is 1. The molecule has 3 nitrogen and oxygen atoms in total. The van der Waals surface area contributed by atoms with Gasteiger partial charge in [-0.05, 0) is 48.6 Å². The van der Waals surface area contributed by atoms with E-state index in [4.69, 9.17) is 5.11 Å². The SMILES string of the molecule is O=C(O)c1ccc2ncc(C3CC3)cc2c1. The molecule has 0 amide bonds. The minimum Gasteiger partial charge on any atom is -0.478 e. The van der Waals surface area contributed by atoms with Crippen LogP contribution in [0.5, 0.6) is 0 Å². The highest BCUT2D eigenvalue weighted by atomic mass is 16.4. The summed E-state index contributed by atoms with van der Waals surface area (Å²) in [4.78, 5) is 15.2. The topological polar surface area (TPSA) is 50.2 Å². The lowest BCUT2D eigenvalue weighted by atomic mass is 10.1. The molecule has 1 aliphatic rings. The molecule has 0 aliphatic heterocycles. The Kier molecular flexibility index (Phi) is 1.93. The second kappa shape index (κ2) is 3.30. The summed E-state index contributed by atoms with van der Waals surface area (Å²) in [6, 6.07) is 7.10. The third-order valence-corrected chi connectivity index (χ3v) is 3.00. The van der Waals surface area contributed by atoms with Gasteiger partial charge in [-0.1, -0.05) is 0 Å². The van der Waals surface area contributed by atoms with Crippen molar-refractivity contribution in [3.8, 4) is 0 Å². The maximum Gasteiger partial charge on any atom is 0.335 e. The number of rotatable bonds is 2. The first-order valence-corrected chi connectivity index (χ1v) is 5.37. The quantitative estimate of drug-likeness (QED) is 0.834. The Morgan fingerprint density at radius 1 is 1.31 bits per heavy atom. The molecule has 0 spiro atoms. The molecule has 80 valence electrons. The fourth-order valence-electron chi connectivity index (χ4n) is 1.92. The second-order valence-corrected chi connectivity index (χ2v) is 4.26. The van der Waals surface area contributed by atoms with Gasteiger partial charge in [-0.25, -0.2) is 4.79 Å². The molecule has 1 aromatic heterocycles. The molecule has 1 saturated carbocycles. The fraction of sp³-hybridized carbons (Fsp3) is 0.231. The molecule has 0 unspecified atom stereocenters. The highest BCUT2D eigenvalue weighted by Crippen LogP contribution is 2.40. The van der Waals surface area contributed by atoms with Gasteiger partial charge in [-0.3, -0.25) is 4.98 Å². The molecule has 16 heavy (non-hydrogen) atoms. The summed E-state index contributed by atoms with van der Waals surface area (Å²) in [5.41, 5.74) is 2.41. The summed E-state index contributed by atoms with van der Waals surface area (Å²) in [6.07, 6.45) is 4.36. The molecule has 1 aliphatic carbocycles. The van der Waals surface area contributed by atoms with Crippen molar-refractivity contribution < 1.29 is 9.90 Å². The predicted molar refractivity (Wildman–Crippen MR) is 60.7 cm³/mol. The minimum absolute atomic E-state index is 0.322. The Morgan fingerprint density at radius 2 is 2.12 bits per heavy atom. The smallest absolute Gasteiger partial charge is 0.335 e. The van der Waals surface area contributed by atoms with E-state index in [0.717, 1.165) is 10.9 Å². The molecule has 1 N–H and O–H groups in total. The highest BCUT2D eigenvalue weighted by molar-refractivity contribution is 5.93. The largest absolute Gasteiger partial charge is 0.478 e. The summed E-state index contributed by atoms with van der Waals surface area (Å²) in [6.45, 7) is 0. The van der Waals surface area contributed by atoms with Crippen molar-refractivity contribution in [2.45, 2.75) is 18.8 Å². The van der Waals surface area contributed by atoms with E-state index in [1.54, 1.807) is 18.2 Å². The Balaban J connectivity index is 2.15. The van der Waals surface area contributed by atoms with Crippen molar-refractivity contribution in [1.82, 2.24) is 4.98 Å². The Bertz CT molecular complexity index is 573. The monoisotopic (exact) mass is 213 g/mol. The number of pyridine rings is 1. The lowest BCUT2D eigenvalue weighted by molar-refractivity contribution is 0.0697. The van der Waals surface area contributed by atoms with E-state index in [1.165, 1.54) is 18.4 Å². The number of benzene rings is 1. The van der Waals surface area contributed by atoms with E-state index in [1.807, 2.05) is 6.20 Å². The lowest BCUT2D eigenvalue weighted by Gasteiger charge is -2.02. The van der Waals surface area contributed by atoms with E-state index in [0.29, 0.717) is 11.5 Å². The number of carboxylic acid groups (broad SMARTS) is 1. The van der Waals surface area contributed by atoms with Gasteiger partial charge in [0, 0.05) is 11.6 Å². The van der Waals surface area contributed by atoms with Crippen LogP contribution < -0.4 is 0 Å². The van der Waals surface area contributed by atoms with Crippen molar-refractivity contribution in [1.29, 1.82) is 0 Å². The Morgan fingerprint density at radius 3 is 2.81 bits per heavy atom. The average molecular weight is 213 g/mol. The summed E-state index contributed by atoms with van der Waals surface area (Å²) in [5.74, 6) is -0.246. The van der Waals surface area contributed by atoms with Crippen molar-refractivity contribution >= 4 is 16.9 Å². The molecule has 1 fully saturated rings. The summed E-state index contributed by atoms with van der Waals surface area (Å²) in [5, 5.41) is 9.84. The molecule has 1 heterocycles. The van der Waals surface area contributed by atoms with Crippen LogP contribution in [0.2, 0.25) is 0 Å². The van der Waals surface area contributed by atoms with Crippen LogP contribution in [-0.4, -0.2) is 16.1 Å². The average Bonchev–Trinajstić information content (AvgIpc) is 3.11. The minimum atomic E-state index is -0.890. The number of hydrogen-bond donors (Lipinski definition) is 1. The van der Waals surface area contributed by atoms with Crippen LogP contribution in [0.15, 0.2) is 30.5 Å². The maximum absolute atomic E-state index is 10.9. The molecular formula is C13H11NO2. The van der Waals surface area contributed by atoms with Crippen LogP contribution >= 0.6 is 0 Å². The molecule has 0 bridgehead atoms. The van der Waals surface area contributed by atoms with Gasteiger partial charge < -0.3 is 5.11 Å². The number of hydrogen-bond acceptors (Lipinski definition) is 2. The van der Waals surface area contributed by atoms with Gasteiger partial charge in [0.25, 0.3) is 0 Å². The van der Waals surface area contributed by atoms with E-state index in [9.17, 15) is 4.79 Å². The molecule has 0 saturated heterocycles. The van der Waals surface area contributed by atoms with Crippen LogP contribution in [0.4, 0.5) is 0 Å². The molecule has 2 aromatic rings. The Hall–Kier alpha value is -1.90. The van der Waals surface area contributed by atoms with Gasteiger partial charge in [0.15, 0.2) is 0 Å². The second-order valence-electron chi connectivity index (χ2n) is 4.26. The van der Waals surface area contributed by atoms with E-state index in [-0.39, 0.29) is 0 Å². The van der Waals surface area contributed by atoms with Crippen molar-refractivity contribution in [3.05, 3.63) is 41.6 Å². The van der Waals surface area contributed by atoms with Gasteiger partial charge in [0.2, 0.25) is 0 Å². The molecule has 0 atom stereocenters. The highest BCUT2D eigenvalue weighted by Gasteiger charge is 2.23. The first-order chi connectivity index (χ1) is 7.74. The van der Waals surface area contributed by atoms with Gasteiger partial charge in [-0.2, -0.15) is 0 Å². The molecular weight excluding hydrogens is 202 g/mol. The summed E-state index contributed by atoms with van der Waals surface area (Å²) >= 11 is 0. The Labute approximate surface area is 92.7 Å².